The van der Waals surface area contributed by atoms with Crippen molar-refractivity contribution in [1.82, 2.24) is 0 Å². The van der Waals surface area contributed by atoms with Crippen LogP contribution in [-0.2, 0) is 0 Å². The molecule has 0 aliphatic heterocycles. The lowest BCUT2D eigenvalue weighted by molar-refractivity contribution is 0.550. The van der Waals surface area contributed by atoms with E-state index in [1.54, 1.807) is 0 Å². The maximum Gasteiger partial charge on any atom is 0.0117 e. The molecule has 0 nitrogen and oxygen atoms in total. The van der Waals surface area contributed by atoms with Gasteiger partial charge in [-0.25, -0.2) is 0 Å². The summed E-state index contributed by atoms with van der Waals surface area (Å²) in [5.74, 6) is 0. The maximum absolute atomic E-state index is 3.59. The molecule has 0 heterocycles. The van der Waals surface area contributed by atoms with Gasteiger partial charge in [-0.15, -0.1) is 0 Å². The molecule has 0 aromatic heterocycles. The number of alkyl halides is 1. The van der Waals surface area contributed by atoms with Crippen LogP contribution in [0.5, 0.6) is 0 Å². The molecule has 0 aliphatic rings. The maximum atomic E-state index is 3.59. The molecule has 0 N–H and O–H groups in total. The predicted octanol–water partition coefficient (Wildman–Crippen LogP) is 6.08. The molecule has 0 saturated carbocycles. The highest BCUT2D eigenvalue weighted by Crippen LogP contribution is 2.13. The highest BCUT2D eigenvalue weighted by atomic mass is 79.9. The summed E-state index contributed by atoms with van der Waals surface area (Å²) < 4.78 is 0. The molecular formula is C14H29Br. The van der Waals surface area contributed by atoms with Crippen molar-refractivity contribution in [2.45, 2.75) is 89.3 Å². The van der Waals surface area contributed by atoms with E-state index < -0.39 is 0 Å². The first kappa shape index (κ1) is 15.5. The molecule has 1 heteroatoms. The van der Waals surface area contributed by atoms with Crippen LogP contribution < -0.4 is 0 Å². The molecule has 15 heavy (non-hydrogen) atoms. The smallest absolute Gasteiger partial charge is 0.0117 e. The average molecular weight is 277 g/mol. The van der Waals surface area contributed by atoms with Gasteiger partial charge in [0, 0.05) is 4.83 Å². The zero-order chi connectivity index (χ0) is 11.4. The molecule has 0 aromatic rings. The third kappa shape index (κ3) is 14.5. The van der Waals surface area contributed by atoms with Crippen molar-refractivity contribution >= 4 is 15.9 Å². The summed E-state index contributed by atoms with van der Waals surface area (Å²) in [6.07, 6.45) is 15.8. The molecule has 0 fully saturated rings. The van der Waals surface area contributed by atoms with Crippen molar-refractivity contribution in [3.05, 3.63) is 0 Å². The fourth-order valence-corrected chi connectivity index (χ4v) is 2.24. The number of hydrogen-bond acceptors (Lipinski definition) is 0. The van der Waals surface area contributed by atoms with E-state index in [9.17, 15) is 0 Å². The molecule has 0 aliphatic carbocycles. The highest BCUT2D eigenvalue weighted by Gasteiger charge is 1.95. The van der Waals surface area contributed by atoms with Crippen LogP contribution in [0.2, 0.25) is 0 Å². The lowest BCUT2D eigenvalue weighted by Crippen LogP contribution is -1.89. The van der Waals surface area contributed by atoms with E-state index >= 15 is 0 Å². The second-order valence-electron chi connectivity index (χ2n) is 4.75. The van der Waals surface area contributed by atoms with Gasteiger partial charge in [-0.05, 0) is 6.42 Å². The van der Waals surface area contributed by atoms with E-state index in [0.717, 1.165) is 0 Å². The molecular weight excluding hydrogens is 248 g/mol. The third-order valence-corrected chi connectivity index (χ3v) is 3.41. The lowest BCUT2D eigenvalue weighted by Gasteiger charge is -2.03. The largest absolute Gasteiger partial charge is 0.0894 e. The van der Waals surface area contributed by atoms with Gasteiger partial charge in [-0.3, -0.25) is 0 Å². The average Bonchev–Trinajstić information content (AvgIpc) is 2.20. The van der Waals surface area contributed by atoms with Crippen LogP contribution in [0, 0.1) is 0 Å². The SMILES string of the molecule is CCCCCCCCCCCC[C@@H](C)Br. The van der Waals surface area contributed by atoms with Crippen LogP contribution >= 0.6 is 15.9 Å². The third-order valence-electron chi connectivity index (χ3n) is 2.96. The predicted molar refractivity (Wildman–Crippen MR) is 74.9 cm³/mol. The van der Waals surface area contributed by atoms with Crippen LogP contribution in [0.3, 0.4) is 0 Å². The summed E-state index contributed by atoms with van der Waals surface area (Å²) in [7, 11) is 0. The molecule has 0 aromatic carbocycles. The molecule has 0 rings (SSSR count). The summed E-state index contributed by atoms with van der Waals surface area (Å²) in [5, 5.41) is 0. The molecule has 0 saturated heterocycles. The Bertz CT molecular complexity index is 110. The molecule has 0 radical (unpaired) electrons. The van der Waals surface area contributed by atoms with Crippen LogP contribution in [0.1, 0.15) is 84.5 Å². The summed E-state index contributed by atoms with van der Waals surface area (Å²) in [5.41, 5.74) is 0. The van der Waals surface area contributed by atoms with Crippen LogP contribution in [0.25, 0.3) is 0 Å². The Hall–Kier alpha value is 0.480. The van der Waals surface area contributed by atoms with Crippen molar-refractivity contribution < 1.29 is 0 Å². The number of halogens is 1. The van der Waals surface area contributed by atoms with Gasteiger partial charge in [-0.2, -0.15) is 0 Å². The van der Waals surface area contributed by atoms with Crippen LogP contribution in [0.4, 0.5) is 0 Å². The number of hydrogen-bond donors (Lipinski definition) is 0. The fraction of sp³-hybridized carbons (Fsp3) is 1.00. The van der Waals surface area contributed by atoms with Crippen molar-refractivity contribution in [1.29, 1.82) is 0 Å². The van der Waals surface area contributed by atoms with Crippen LogP contribution in [-0.4, -0.2) is 4.83 Å². The van der Waals surface area contributed by atoms with Gasteiger partial charge in [-0.1, -0.05) is 94.0 Å². The van der Waals surface area contributed by atoms with Gasteiger partial charge in [0.1, 0.15) is 0 Å². The number of unbranched alkanes of at least 4 members (excludes halogenated alkanes) is 9. The van der Waals surface area contributed by atoms with Crippen molar-refractivity contribution in [2.24, 2.45) is 0 Å². The van der Waals surface area contributed by atoms with Crippen molar-refractivity contribution in [3.63, 3.8) is 0 Å². The minimum absolute atomic E-state index is 0.714. The standard InChI is InChI=1S/C14H29Br/c1-3-4-5-6-7-8-9-10-11-12-13-14(2)15/h14H,3-13H2,1-2H3/t14-/m1/s1. The second-order valence-corrected chi connectivity index (χ2v) is 6.31. The van der Waals surface area contributed by atoms with E-state index in [1.165, 1.54) is 70.6 Å². The Morgan fingerprint density at radius 1 is 0.733 bits per heavy atom. The Morgan fingerprint density at radius 2 is 1.13 bits per heavy atom. The van der Waals surface area contributed by atoms with E-state index in [2.05, 4.69) is 29.8 Å². The molecule has 0 unspecified atom stereocenters. The zero-order valence-electron chi connectivity index (χ0n) is 10.7. The van der Waals surface area contributed by atoms with Gasteiger partial charge in [0.05, 0.1) is 0 Å². The monoisotopic (exact) mass is 276 g/mol. The first-order valence-electron chi connectivity index (χ1n) is 6.91. The van der Waals surface area contributed by atoms with Crippen LogP contribution in [0.15, 0.2) is 0 Å². The first-order chi connectivity index (χ1) is 7.27. The summed E-state index contributed by atoms with van der Waals surface area (Å²) >= 11 is 3.59. The molecule has 0 bridgehead atoms. The summed E-state index contributed by atoms with van der Waals surface area (Å²) in [4.78, 5) is 0.714. The van der Waals surface area contributed by atoms with E-state index in [4.69, 9.17) is 0 Å². The zero-order valence-corrected chi connectivity index (χ0v) is 12.3. The number of rotatable bonds is 11. The Balaban J connectivity index is 2.87. The summed E-state index contributed by atoms with van der Waals surface area (Å²) in [6, 6.07) is 0. The van der Waals surface area contributed by atoms with Gasteiger partial charge in [0.15, 0.2) is 0 Å². The van der Waals surface area contributed by atoms with Crippen molar-refractivity contribution in [2.75, 3.05) is 0 Å². The first-order valence-corrected chi connectivity index (χ1v) is 7.83. The Kier molecular flexibility index (Phi) is 13.0. The summed E-state index contributed by atoms with van der Waals surface area (Å²) in [6.45, 7) is 4.53. The Morgan fingerprint density at radius 3 is 1.53 bits per heavy atom. The highest BCUT2D eigenvalue weighted by molar-refractivity contribution is 9.09. The minimum Gasteiger partial charge on any atom is -0.0894 e. The minimum atomic E-state index is 0.714. The second kappa shape index (κ2) is 12.5. The molecule has 0 amide bonds. The van der Waals surface area contributed by atoms with E-state index in [-0.39, 0.29) is 0 Å². The van der Waals surface area contributed by atoms with E-state index in [0.29, 0.717) is 4.83 Å². The fourth-order valence-electron chi connectivity index (χ4n) is 1.91. The molecule has 92 valence electrons. The molecule has 0 spiro atoms. The van der Waals surface area contributed by atoms with Crippen molar-refractivity contribution in [3.8, 4) is 0 Å². The van der Waals surface area contributed by atoms with Gasteiger partial charge < -0.3 is 0 Å². The molecule has 1 atom stereocenters. The Labute approximate surface area is 105 Å². The van der Waals surface area contributed by atoms with Gasteiger partial charge in [0.25, 0.3) is 0 Å². The topological polar surface area (TPSA) is 0 Å². The lowest BCUT2D eigenvalue weighted by atomic mass is 10.1. The normalized spacial score (nSPS) is 13.0. The van der Waals surface area contributed by atoms with Gasteiger partial charge in [0.2, 0.25) is 0 Å². The quantitative estimate of drug-likeness (QED) is 0.317. The van der Waals surface area contributed by atoms with Gasteiger partial charge >= 0.3 is 0 Å². The van der Waals surface area contributed by atoms with E-state index in [1.807, 2.05) is 0 Å².